The second kappa shape index (κ2) is 9.30. The van der Waals surface area contributed by atoms with E-state index in [0.717, 1.165) is 35.2 Å². The second-order valence-electron chi connectivity index (χ2n) is 5.51. The standard InChI is InChI=1S/C18H25N3OS/c1-4-5-6-7-12-22-17-10-8-16(9-11-17)13-19-21-18-20-14(2)15(3)23-18/h8-11,13H,4-7,12H2,1-3H3,(H,20,21)/b19-13+. The van der Waals surface area contributed by atoms with Crippen molar-refractivity contribution in [1.82, 2.24) is 4.98 Å². The molecule has 0 spiro atoms. The second-order valence-corrected chi connectivity index (χ2v) is 6.71. The normalized spacial score (nSPS) is 11.1. The molecule has 2 aromatic rings. The molecule has 0 amide bonds. The summed E-state index contributed by atoms with van der Waals surface area (Å²) in [4.78, 5) is 5.60. The quantitative estimate of drug-likeness (QED) is 0.392. The highest BCUT2D eigenvalue weighted by Crippen LogP contribution is 2.20. The smallest absolute Gasteiger partial charge is 0.203 e. The number of nitrogens with one attached hydrogen (secondary N) is 1. The summed E-state index contributed by atoms with van der Waals surface area (Å²) in [5.74, 6) is 0.915. The Morgan fingerprint density at radius 3 is 2.61 bits per heavy atom. The summed E-state index contributed by atoms with van der Waals surface area (Å²) in [6, 6.07) is 7.98. The maximum atomic E-state index is 5.73. The number of hydrogen-bond donors (Lipinski definition) is 1. The topological polar surface area (TPSA) is 46.5 Å². The number of anilines is 1. The van der Waals surface area contributed by atoms with Crippen LogP contribution in [0.1, 0.15) is 48.7 Å². The average Bonchev–Trinajstić information content (AvgIpc) is 2.87. The molecule has 1 aromatic heterocycles. The van der Waals surface area contributed by atoms with Gasteiger partial charge in [-0.3, -0.25) is 5.43 Å². The van der Waals surface area contributed by atoms with Crippen LogP contribution in [0.5, 0.6) is 5.75 Å². The lowest BCUT2D eigenvalue weighted by Gasteiger charge is -2.05. The molecule has 0 radical (unpaired) electrons. The molecule has 1 aromatic carbocycles. The van der Waals surface area contributed by atoms with Gasteiger partial charge in [0.25, 0.3) is 0 Å². The zero-order valence-electron chi connectivity index (χ0n) is 14.1. The van der Waals surface area contributed by atoms with Crippen molar-refractivity contribution >= 4 is 22.7 Å². The number of ether oxygens (including phenoxy) is 1. The van der Waals surface area contributed by atoms with Gasteiger partial charge in [0, 0.05) is 4.88 Å². The maximum Gasteiger partial charge on any atom is 0.203 e. The minimum Gasteiger partial charge on any atom is -0.494 e. The molecule has 4 nitrogen and oxygen atoms in total. The van der Waals surface area contributed by atoms with E-state index in [1.54, 1.807) is 17.6 Å². The lowest BCUT2D eigenvalue weighted by molar-refractivity contribution is 0.305. The Bertz CT molecular complexity index is 600. The van der Waals surface area contributed by atoms with Crippen molar-refractivity contribution in [3.63, 3.8) is 0 Å². The lowest BCUT2D eigenvalue weighted by Crippen LogP contribution is -1.97. The third-order valence-electron chi connectivity index (χ3n) is 3.55. The molecular formula is C18H25N3OS. The van der Waals surface area contributed by atoms with Gasteiger partial charge in [0.2, 0.25) is 5.13 Å². The van der Waals surface area contributed by atoms with E-state index in [-0.39, 0.29) is 0 Å². The molecule has 0 aliphatic heterocycles. The van der Waals surface area contributed by atoms with E-state index in [9.17, 15) is 0 Å². The summed E-state index contributed by atoms with van der Waals surface area (Å²) < 4.78 is 5.73. The van der Waals surface area contributed by atoms with Gasteiger partial charge in [-0.1, -0.05) is 26.2 Å². The molecule has 1 N–H and O–H groups in total. The fourth-order valence-corrected chi connectivity index (χ4v) is 2.82. The van der Waals surface area contributed by atoms with E-state index in [1.807, 2.05) is 31.2 Å². The molecule has 0 saturated carbocycles. The van der Waals surface area contributed by atoms with Crippen molar-refractivity contribution in [1.29, 1.82) is 0 Å². The Labute approximate surface area is 142 Å². The van der Waals surface area contributed by atoms with Gasteiger partial charge in [-0.2, -0.15) is 5.10 Å². The Hall–Kier alpha value is -1.88. The number of hydrazone groups is 1. The zero-order chi connectivity index (χ0) is 16.5. The predicted molar refractivity (Wildman–Crippen MR) is 98.9 cm³/mol. The predicted octanol–water partition coefficient (Wildman–Crippen LogP) is 5.17. The number of aryl methyl sites for hydroxylation is 2. The fourth-order valence-electron chi connectivity index (χ4n) is 2.05. The monoisotopic (exact) mass is 331 g/mol. The van der Waals surface area contributed by atoms with Crippen LogP contribution in [0.3, 0.4) is 0 Å². The fraction of sp³-hybridized carbons (Fsp3) is 0.444. The highest BCUT2D eigenvalue weighted by atomic mass is 32.1. The van der Waals surface area contributed by atoms with E-state index in [1.165, 1.54) is 24.1 Å². The summed E-state index contributed by atoms with van der Waals surface area (Å²) in [5, 5.41) is 5.05. The van der Waals surface area contributed by atoms with Crippen LogP contribution in [0.4, 0.5) is 5.13 Å². The van der Waals surface area contributed by atoms with Crippen LogP contribution >= 0.6 is 11.3 Å². The minimum absolute atomic E-state index is 0.789. The first-order valence-electron chi connectivity index (χ1n) is 8.15. The van der Waals surface area contributed by atoms with Gasteiger partial charge < -0.3 is 4.74 Å². The van der Waals surface area contributed by atoms with E-state index in [4.69, 9.17) is 4.74 Å². The number of nitrogens with zero attached hydrogens (tertiary/aromatic N) is 2. The third kappa shape index (κ3) is 6.02. The van der Waals surface area contributed by atoms with Crippen LogP contribution in [-0.4, -0.2) is 17.8 Å². The Balaban J connectivity index is 1.76. The number of unbranched alkanes of at least 4 members (excludes halogenated alkanes) is 3. The van der Waals surface area contributed by atoms with Crippen molar-refractivity contribution in [2.24, 2.45) is 5.10 Å². The van der Waals surface area contributed by atoms with E-state index in [0.29, 0.717) is 0 Å². The molecular weight excluding hydrogens is 306 g/mol. The molecule has 0 unspecified atom stereocenters. The molecule has 0 saturated heterocycles. The summed E-state index contributed by atoms with van der Waals surface area (Å²) in [5.41, 5.74) is 5.05. The number of thiazole rings is 1. The highest BCUT2D eigenvalue weighted by molar-refractivity contribution is 7.15. The molecule has 124 valence electrons. The van der Waals surface area contributed by atoms with Gasteiger partial charge in [0.15, 0.2) is 0 Å². The van der Waals surface area contributed by atoms with Crippen molar-refractivity contribution in [2.75, 3.05) is 12.0 Å². The number of rotatable bonds is 9. The van der Waals surface area contributed by atoms with Crippen molar-refractivity contribution in [3.8, 4) is 5.75 Å². The van der Waals surface area contributed by atoms with Gasteiger partial charge in [-0.15, -0.1) is 11.3 Å². The molecule has 0 bridgehead atoms. The number of aromatic nitrogens is 1. The Morgan fingerprint density at radius 1 is 1.17 bits per heavy atom. The van der Waals surface area contributed by atoms with Crippen LogP contribution in [0.25, 0.3) is 0 Å². The largest absolute Gasteiger partial charge is 0.494 e. The molecule has 5 heteroatoms. The minimum atomic E-state index is 0.789. The summed E-state index contributed by atoms with van der Waals surface area (Å²) in [7, 11) is 0. The van der Waals surface area contributed by atoms with Crippen molar-refractivity contribution < 1.29 is 4.74 Å². The molecule has 0 aliphatic carbocycles. The first kappa shape index (κ1) is 17.5. The van der Waals surface area contributed by atoms with E-state index < -0.39 is 0 Å². The van der Waals surface area contributed by atoms with Gasteiger partial charge in [0.05, 0.1) is 18.5 Å². The van der Waals surface area contributed by atoms with E-state index >= 15 is 0 Å². The first-order chi connectivity index (χ1) is 11.2. The number of hydrogen-bond acceptors (Lipinski definition) is 5. The Morgan fingerprint density at radius 2 is 1.96 bits per heavy atom. The van der Waals surface area contributed by atoms with Gasteiger partial charge >= 0.3 is 0 Å². The van der Waals surface area contributed by atoms with E-state index in [2.05, 4.69) is 29.4 Å². The molecule has 0 fully saturated rings. The molecule has 23 heavy (non-hydrogen) atoms. The third-order valence-corrected chi connectivity index (χ3v) is 4.53. The van der Waals surface area contributed by atoms with Crippen LogP contribution in [0, 0.1) is 13.8 Å². The van der Waals surface area contributed by atoms with Gasteiger partial charge in [0.1, 0.15) is 5.75 Å². The van der Waals surface area contributed by atoms with Crippen LogP contribution in [0.15, 0.2) is 29.4 Å². The average molecular weight is 331 g/mol. The van der Waals surface area contributed by atoms with Gasteiger partial charge in [-0.25, -0.2) is 4.98 Å². The Kier molecular flexibility index (Phi) is 7.07. The maximum absolute atomic E-state index is 5.73. The molecule has 1 heterocycles. The SMILES string of the molecule is CCCCCCOc1ccc(/C=N/Nc2nc(C)c(C)s2)cc1. The molecule has 0 atom stereocenters. The lowest BCUT2D eigenvalue weighted by atomic mass is 10.2. The van der Waals surface area contributed by atoms with Crippen LogP contribution < -0.4 is 10.2 Å². The van der Waals surface area contributed by atoms with Gasteiger partial charge in [-0.05, 0) is 50.1 Å². The summed E-state index contributed by atoms with van der Waals surface area (Å²) in [6.45, 7) is 7.06. The van der Waals surface area contributed by atoms with Crippen LogP contribution in [-0.2, 0) is 0 Å². The van der Waals surface area contributed by atoms with Crippen molar-refractivity contribution in [3.05, 3.63) is 40.4 Å². The zero-order valence-corrected chi connectivity index (χ0v) is 14.9. The van der Waals surface area contributed by atoms with Crippen LogP contribution in [0.2, 0.25) is 0 Å². The molecule has 0 aliphatic rings. The summed E-state index contributed by atoms with van der Waals surface area (Å²) >= 11 is 1.61. The number of benzene rings is 1. The molecule has 2 rings (SSSR count). The first-order valence-corrected chi connectivity index (χ1v) is 8.96. The van der Waals surface area contributed by atoms with Crippen molar-refractivity contribution in [2.45, 2.75) is 46.5 Å². The summed E-state index contributed by atoms with van der Waals surface area (Å²) in [6.07, 6.45) is 6.68. The highest BCUT2D eigenvalue weighted by Gasteiger charge is 2.01.